The molecule has 0 bridgehead atoms. The average molecular weight is 174 g/mol. The molecule has 0 N–H and O–H groups in total. The maximum absolute atomic E-state index is 9.43. The zero-order valence-corrected chi connectivity index (χ0v) is 5.91. The van der Waals surface area contributed by atoms with E-state index in [0.717, 1.165) is 0 Å². The first-order valence-electron chi connectivity index (χ1n) is 1.35. The van der Waals surface area contributed by atoms with Crippen LogP contribution in [0.4, 0.5) is 0 Å². The van der Waals surface area contributed by atoms with Crippen molar-refractivity contribution < 1.29 is 4.79 Å². The van der Waals surface area contributed by atoms with E-state index in [-0.39, 0.29) is 6.29 Å². The zero-order valence-electron chi connectivity index (χ0n) is 3.64. The van der Waals surface area contributed by atoms with Crippen LogP contribution >= 0.6 is 34.8 Å². The Morgan fingerprint density at radius 1 is 1.38 bits per heavy atom. The summed E-state index contributed by atoms with van der Waals surface area (Å²) < 4.78 is -1.72. The standard InChI is InChI=1S/C2HCl3O.CHN/c3-2(4,5)1-6;1-2/h1H;1H. The third kappa shape index (κ3) is 16.6. The molecule has 0 amide bonds. The van der Waals surface area contributed by atoms with Crippen LogP contribution in [-0.4, -0.2) is 10.1 Å². The Hall–Kier alpha value is 0.0300. The Morgan fingerprint density at radius 3 is 1.50 bits per heavy atom. The molecule has 0 aliphatic rings. The molecule has 0 unspecified atom stereocenters. The van der Waals surface area contributed by atoms with Gasteiger partial charge < -0.3 is 0 Å². The van der Waals surface area contributed by atoms with Crippen LogP contribution in [0.1, 0.15) is 0 Å². The fourth-order valence-electron chi connectivity index (χ4n) is 0. The molecule has 0 aromatic rings. The number of nitrogens with zero attached hydrogens (tertiary/aromatic N) is 1. The highest BCUT2D eigenvalue weighted by Gasteiger charge is 2.16. The van der Waals surface area contributed by atoms with Crippen molar-refractivity contribution in [3.8, 4) is 6.57 Å². The van der Waals surface area contributed by atoms with Gasteiger partial charge >= 0.3 is 0 Å². The molecule has 0 aromatic carbocycles. The molecule has 0 atom stereocenters. The number of carbonyl (C=O) groups excluding carboxylic acids is 1. The second kappa shape index (κ2) is 5.17. The highest BCUT2D eigenvalue weighted by Crippen LogP contribution is 2.21. The number of aldehydes is 1. The monoisotopic (exact) mass is 173 g/mol. The molecule has 0 rings (SSSR count). The predicted octanol–water partition coefficient (Wildman–Crippen LogP) is 1.70. The van der Waals surface area contributed by atoms with E-state index < -0.39 is 3.79 Å². The van der Waals surface area contributed by atoms with E-state index in [9.17, 15) is 4.79 Å². The molecule has 0 heterocycles. The van der Waals surface area contributed by atoms with Gasteiger partial charge in [0.15, 0.2) is 6.29 Å². The zero-order chi connectivity index (χ0) is 7.21. The number of rotatable bonds is 0. The normalized spacial score (nSPS) is 8.62. The van der Waals surface area contributed by atoms with Crippen molar-refractivity contribution in [2.75, 3.05) is 0 Å². The van der Waals surface area contributed by atoms with Gasteiger partial charge in [-0.15, -0.1) is 0 Å². The van der Waals surface area contributed by atoms with Crippen LogP contribution in [0.15, 0.2) is 0 Å². The van der Waals surface area contributed by atoms with Crippen LogP contribution in [0.5, 0.6) is 0 Å². The molecule has 0 radical (unpaired) electrons. The average Bonchev–Trinajstić information content (AvgIpc) is 1.71. The van der Waals surface area contributed by atoms with Gasteiger partial charge in [-0.3, -0.25) is 4.79 Å². The summed E-state index contributed by atoms with van der Waals surface area (Å²) in [7, 11) is 0. The topological polar surface area (TPSA) is 40.9 Å². The van der Waals surface area contributed by atoms with Crippen molar-refractivity contribution in [3.05, 3.63) is 0 Å². The van der Waals surface area contributed by atoms with Crippen molar-refractivity contribution in [3.63, 3.8) is 0 Å². The van der Waals surface area contributed by atoms with Crippen molar-refractivity contribution in [1.29, 1.82) is 5.26 Å². The second-order valence-electron chi connectivity index (χ2n) is 0.659. The molecule has 0 fully saturated rings. The molecule has 2 nitrogen and oxygen atoms in total. The first-order chi connectivity index (χ1) is 3.56. The Kier molecular flexibility index (Phi) is 7.06. The SMILES string of the molecule is C#N.O=CC(Cl)(Cl)Cl. The lowest BCUT2D eigenvalue weighted by Gasteiger charge is -1.93. The maximum Gasteiger partial charge on any atom is 0.245 e. The van der Waals surface area contributed by atoms with E-state index in [4.69, 9.17) is 40.1 Å². The highest BCUT2D eigenvalue weighted by atomic mass is 35.6. The number of carbonyl (C=O) groups is 1. The largest absolute Gasteiger partial charge is 0.299 e. The first-order valence-corrected chi connectivity index (χ1v) is 2.48. The number of hydrogen-bond acceptors (Lipinski definition) is 2. The first kappa shape index (κ1) is 10.9. The molecular weight excluding hydrogens is 172 g/mol. The fraction of sp³-hybridized carbons (Fsp3) is 0.333. The van der Waals surface area contributed by atoms with Crippen LogP contribution in [-0.2, 0) is 4.79 Å². The molecule has 8 heavy (non-hydrogen) atoms. The minimum absolute atomic E-state index is 0.234. The van der Waals surface area contributed by atoms with Gasteiger partial charge in [0.05, 0.1) is 0 Å². The van der Waals surface area contributed by atoms with Gasteiger partial charge in [-0.05, 0) is 0 Å². The molecule has 46 valence electrons. The van der Waals surface area contributed by atoms with Gasteiger partial charge in [0.25, 0.3) is 0 Å². The number of halogens is 3. The molecule has 0 saturated carbocycles. The number of hydrogen-bond donors (Lipinski definition) is 0. The Balaban J connectivity index is 0. The third-order valence-corrected chi connectivity index (χ3v) is 0.401. The van der Waals surface area contributed by atoms with Crippen molar-refractivity contribution >= 4 is 41.1 Å². The summed E-state index contributed by atoms with van der Waals surface area (Å²) in [6, 6.07) is 0. The minimum Gasteiger partial charge on any atom is -0.299 e. The van der Waals surface area contributed by atoms with Crippen LogP contribution in [0.3, 0.4) is 0 Å². The molecule has 0 aliphatic heterocycles. The van der Waals surface area contributed by atoms with Gasteiger partial charge in [-0.1, -0.05) is 34.8 Å². The summed E-state index contributed by atoms with van der Waals surface area (Å²) in [4.78, 5) is 9.43. The van der Waals surface area contributed by atoms with E-state index in [0.29, 0.717) is 0 Å². The summed E-state index contributed by atoms with van der Waals surface area (Å²) >= 11 is 14.6. The number of alkyl halides is 3. The van der Waals surface area contributed by atoms with E-state index in [2.05, 4.69) is 6.57 Å². The molecule has 0 aromatic heterocycles. The fourth-order valence-corrected chi connectivity index (χ4v) is 0. The maximum atomic E-state index is 9.43. The summed E-state index contributed by atoms with van der Waals surface area (Å²) in [5.41, 5.74) is 0. The molecule has 0 spiro atoms. The quantitative estimate of drug-likeness (QED) is 0.414. The van der Waals surface area contributed by atoms with Crippen LogP contribution in [0.2, 0.25) is 0 Å². The van der Waals surface area contributed by atoms with Gasteiger partial charge in [0, 0.05) is 6.57 Å². The van der Waals surface area contributed by atoms with Gasteiger partial charge in [0.2, 0.25) is 3.79 Å². The number of nitriles is 1. The summed E-state index contributed by atoms with van der Waals surface area (Å²) in [6.07, 6.45) is 0.234. The van der Waals surface area contributed by atoms with Gasteiger partial charge in [-0.2, -0.15) is 0 Å². The molecule has 0 aliphatic carbocycles. The van der Waals surface area contributed by atoms with Crippen molar-refractivity contribution in [2.24, 2.45) is 0 Å². The third-order valence-electron chi connectivity index (χ3n) is 0.134. The van der Waals surface area contributed by atoms with Crippen LogP contribution < -0.4 is 0 Å². The van der Waals surface area contributed by atoms with Gasteiger partial charge in [-0.25, -0.2) is 5.26 Å². The van der Waals surface area contributed by atoms with Crippen molar-refractivity contribution in [2.45, 2.75) is 3.79 Å². The molecule has 0 saturated heterocycles. The minimum atomic E-state index is -1.72. The van der Waals surface area contributed by atoms with E-state index in [1.165, 1.54) is 0 Å². The van der Waals surface area contributed by atoms with Crippen LogP contribution in [0, 0.1) is 11.8 Å². The van der Waals surface area contributed by atoms with Gasteiger partial charge in [0.1, 0.15) is 0 Å². The molecular formula is C3H2Cl3NO. The van der Waals surface area contributed by atoms with E-state index in [1.54, 1.807) is 0 Å². The Labute approximate surface area is 61.9 Å². The van der Waals surface area contributed by atoms with Crippen LogP contribution in [0.25, 0.3) is 0 Å². The lowest BCUT2D eigenvalue weighted by Crippen LogP contribution is -2.00. The second-order valence-corrected chi connectivity index (χ2v) is 3.03. The van der Waals surface area contributed by atoms with E-state index in [1.807, 2.05) is 0 Å². The predicted molar refractivity (Wildman–Crippen MR) is 33.0 cm³/mol. The molecule has 5 heteroatoms. The Morgan fingerprint density at radius 2 is 1.50 bits per heavy atom. The highest BCUT2D eigenvalue weighted by molar-refractivity contribution is 6.74. The van der Waals surface area contributed by atoms with Crippen molar-refractivity contribution in [1.82, 2.24) is 0 Å². The smallest absolute Gasteiger partial charge is 0.245 e. The summed E-state index contributed by atoms with van der Waals surface area (Å²) in [6.45, 7) is 3.50. The summed E-state index contributed by atoms with van der Waals surface area (Å²) in [5, 5.41) is 6.50. The summed E-state index contributed by atoms with van der Waals surface area (Å²) in [5.74, 6) is 0. The van der Waals surface area contributed by atoms with E-state index >= 15 is 0 Å². The lowest BCUT2D eigenvalue weighted by molar-refractivity contribution is -0.107. The lowest BCUT2D eigenvalue weighted by atomic mass is 10.9. The Bertz CT molecular complexity index is 84.3.